The number of aliphatic hydroxyl groups is 1. The number of likely N-dealkylation sites (N-methyl/N-ethyl adjacent to an activating group) is 2. The maximum Gasteiger partial charge on any atom is 0.0558 e. The molecule has 0 aliphatic rings. The fourth-order valence-electron chi connectivity index (χ4n) is 1.09. The standard InChI is InChI=1S/C9H23N3O/c1-10-4-5-12(8-9-13)7-6-11(2)3/h10,13H,4-9H2,1-3H3. The number of rotatable bonds is 8. The van der Waals surface area contributed by atoms with Crippen LogP contribution < -0.4 is 5.32 Å². The van der Waals surface area contributed by atoms with Gasteiger partial charge in [0, 0.05) is 32.7 Å². The van der Waals surface area contributed by atoms with Crippen molar-refractivity contribution in [1.29, 1.82) is 0 Å². The first-order chi connectivity index (χ1) is 6.20. The van der Waals surface area contributed by atoms with E-state index in [1.165, 1.54) is 0 Å². The van der Waals surface area contributed by atoms with E-state index in [1.54, 1.807) is 0 Å². The van der Waals surface area contributed by atoms with Gasteiger partial charge in [0.1, 0.15) is 0 Å². The molecule has 2 N–H and O–H groups in total. The van der Waals surface area contributed by atoms with E-state index < -0.39 is 0 Å². The predicted molar refractivity (Wildman–Crippen MR) is 56.0 cm³/mol. The molecule has 80 valence electrons. The number of hydrogen-bond donors (Lipinski definition) is 2. The molecule has 0 aliphatic heterocycles. The molecule has 4 heteroatoms. The number of nitrogens with zero attached hydrogens (tertiary/aromatic N) is 2. The van der Waals surface area contributed by atoms with E-state index >= 15 is 0 Å². The van der Waals surface area contributed by atoms with Crippen molar-refractivity contribution in [1.82, 2.24) is 15.1 Å². The van der Waals surface area contributed by atoms with Crippen molar-refractivity contribution in [3.8, 4) is 0 Å². The van der Waals surface area contributed by atoms with Crippen LogP contribution in [-0.4, -0.2) is 75.4 Å². The Morgan fingerprint density at radius 3 is 2.23 bits per heavy atom. The summed E-state index contributed by atoms with van der Waals surface area (Å²) in [7, 11) is 6.08. The second-order valence-electron chi connectivity index (χ2n) is 3.47. The first kappa shape index (κ1) is 12.8. The molecule has 0 radical (unpaired) electrons. The summed E-state index contributed by atoms with van der Waals surface area (Å²) in [5.74, 6) is 0. The molecule has 0 atom stereocenters. The molecule has 0 saturated carbocycles. The van der Waals surface area contributed by atoms with Crippen LogP contribution >= 0.6 is 0 Å². The van der Waals surface area contributed by atoms with Crippen molar-refractivity contribution in [3.63, 3.8) is 0 Å². The molecule has 0 aromatic heterocycles. The smallest absolute Gasteiger partial charge is 0.0558 e. The average Bonchev–Trinajstić information content (AvgIpc) is 2.09. The van der Waals surface area contributed by atoms with Gasteiger partial charge in [0.25, 0.3) is 0 Å². The molecule has 4 nitrogen and oxygen atoms in total. The Morgan fingerprint density at radius 2 is 1.77 bits per heavy atom. The quantitative estimate of drug-likeness (QED) is 0.517. The van der Waals surface area contributed by atoms with Gasteiger partial charge >= 0.3 is 0 Å². The molecule has 0 rings (SSSR count). The van der Waals surface area contributed by atoms with Crippen molar-refractivity contribution in [3.05, 3.63) is 0 Å². The summed E-state index contributed by atoms with van der Waals surface area (Å²) in [6.45, 7) is 5.07. The molecule has 0 unspecified atom stereocenters. The van der Waals surface area contributed by atoms with Gasteiger partial charge in [0.05, 0.1) is 6.61 Å². The molecular weight excluding hydrogens is 166 g/mol. The van der Waals surface area contributed by atoms with E-state index in [1.807, 2.05) is 7.05 Å². The van der Waals surface area contributed by atoms with E-state index in [9.17, 15) is 0 Å². The van der Waals surface area contributed by atoms with Gasteiger partial charge < -0.3 is 15.3 Å². The van der Waals surface area contributed by atoms with Crippen molar-refractivity contribution >= 4 is 0 Å². The summed E-state index contributed by atoms with van der Waals surface area (Å²) >= 11 is 0. The lowest BCUT2D eigenvalue weighted by Gasteiger charge is -2.22. The third-order valence-electron chi connectivity index (χ3n) is 1.96. The molecule has 0 fully saturated rings. The maximum atomic E-state index is 8.83. The molecule has 0 aromatic rings. The molecular formula is C9H23N3O. The zero-order valence-electron chi connectivity index (χ0n) is 9.08. The van der Waals surface area contributed by atoms with Gasteiger partial charge in [0.2, 0.25) is 0 Å². The third kappa shape index (κ3) is 8.18. The Balaban J connectivity index is 3.53. The topological polar surface area (TPSA) is 38.7 Å². The SMILES string of the molecule is CNCCN(CCO)CCN(C)C. The fraction of sp³-hybridized carbons (Fsp3) is 1.00. The molecule has 0 heterocycles. The highest BCUT2D eigenvalue weighted by Crippen LogP contribution is 1.87. The third-order valence-corrected chi connectivity index (χ3v) is 1.96. The molecule has 0 aromatic carbocycles. The second kappa shape index (κ2) is 8.44. The van der Waals surface area contributed by atoms with E-state index in [-0.39, 0.29) is 6.61 Å². The summed E-state index contributed by atoms with van der Waals surface area (Å²) in [5, 5.41) is 11.9. The van der Waals surface area contributed by atoms with E-state index in [0.29, 0.717) is 0 Å². The van der Waals surface area contributed by atoms with Gasteiger partial charge in [-0.15, -0.1) is 0 Å². The normalized spacial score (nSPS) is 11.5. The monoisotopic (exact) mass is 189 g/mol. The Hall–Kier alpha value is -0.160. The summed E-state index contributed by atoms with van der Waals surface area (Å²) in [6, 6.07) is 0. The number of nitrogens with one attached hydrogen (secondary N) is 1. The Kier molecular flexibility index (Phi) is 8.33. The van der Waals surface area contributed by atoms with E-state index in [0.717, 1.165) is 32.7 Å². The lowest BCUT2D eigenvalue weighted by Crippen LogP contribution is -2.37. The van der Waals surface area contributed by atoms with Crippen molar-refractivity contribution in [2.75, 3.05) is 60.5 Å². The van der Waals surface area contributed by atoms with Crippen LogP contribution in [0.3, 0.4) is 0 Å². The van der Waals surface area contributed by atoms with Crippen LogP contribution in [0, 0.1) is 0 Å². The molecule has 0 aliphatic carbocycles. The average molecular weight is 189 g/mol. The second-order valence-corrected chi connectivity index (χ2v) is 3.47. The predicted octanol–water partition coefficient (Wildman–Crippen LogP) is -0.938. The highest BCUT2D eigenvalue weighted by atomic mass is 16.3. The largest absolute Gasteiger partial charge is 0.395 e. The Bertz CT molecular complexity index is 109. The minimum absolute atomic E-state index is 0.247. The fourth-order valence-corrected chi connectivity index (χ4v) is 1.09. The summed E-state index contributed by atoms with van der Waals surface area (Å²) in [5.41, 5.74) is 0. The molecule has 0 amide bonds. The van der Waals surface area contributed by atoms with Gasteiger partial charge in [0.15, 0.2) is 0 Å². The van der Waals surface area contributed by atoms with Crippen LogP contribution in [0.1, 0.15) is 0 Å². The number of aliphatic hydroxyl groups excluding tert-OH is 1. The van der Waals surface area contributed by atoms with Crippen LogP contribution in [0.15, 0.2) is 0 Å². The summed E-state index contributed by atoms with van der Waals surface area (Å²) in [4.78, 5) is 4.42. The minimum atomic E-state index is 0.247. The number of hydrogen-bond acceptors (Lipinski definition) is 4. The van der Waals surface area contributed by atoms with Crippen LogP contribution in [0.5, 0.6) is 0 Å². The Labute approximate surface area is 81.5 Å². The van der Waals surface area contributed by atoms with Crippen molar-refractivity contribution in [2.24, 2.45) is 0 Å². The summed E-state index contributed by atoms with van der Waals surface area (Å²) in [6.07, 6.45) is 0. The lowest BCUT2D eigenvalue weighted by atomic mass is 10.4. The van der Waals surface area contributed by atoms with Crippen molar-refractivity contribution in [2.45, 2.75) is 0 Å². The first-order valence-corrected chi connectivity index (χ1v) is 4.83. The van der Waals surface area contributed by atoms with Crippen LogP contribution in [0.4, 0.5) is 0 Å². The summed E-state index contributed by atoms with van der Waals surface area (Å²) < 4.78 is 0. The zero-order valence-corrected chi connectivity index (χ0v) is 9.08. The van der Waals surface area contributed by atoms with Gasteiger partial charge in [-0.1, -0.05) is 0 Å². The highest BCUT2D eigenvalue weighted by molar-refractivity contribution is 4.60. The van der Waals surface area contributed by atoms with Crippen LogP contribution in [0.25, 0.3) is 0 Å². The van der Waals surface area contributed by atoms with Crippen LogP contribution in [0.2, 0.25) is 0 Å². The zero-order chi connectivity index (χ0) is 10.1. The first-order valence-electron chi connectivity index (χ1n) is 4.83. The van der Waals surface area contributed by atoms with E-state index in [2.05, 4.69) is 29.2 Å². The highest BCUT2D eigenvalue weighted by Gasteiger charge is 2.03. The molecule has 0 spiro atoms. The van der Waals surface area contributed by atoms with Crippen molar-refractivity contribution < 1.29 is 5.11 Å². The Morgan fingerprint density at radius 1 is 1.08 bits per heavy atom. The van der Waals surface area contributed by atoms with Crippen LogP contribution in [-0.2, 0) is 0 Å². The van der Waals surface area contributed by atoms with E-state index in [4.69, 9.17) is 5.11 Å². The molecule has 0 bridgehead atoms. The molecule has 0 saturated heterocycles. The van der Waals surface area contributed by atoms with Gasteiger partial charge in [-0.05, 0) is 21.1 Å². The minimum Gasteiger partial charge on any atom is -0.395 e. The maximum absolute atomic E-state index is 8.83. The van der Waals surface area contributed by atoms with Gasteiger partial charge in [-0.3, -0.25) is 4.90 Å². The van der Waals surface area contributed by atoms with Gasteiger partial charge in [-0.25, -0.2) is 0 Å². The van der Waals surface area contributed by atoms with Gasteiger partial charge in [-0.2, -0.15) is 0 Å². The molecule has 13 heavy (non-hydrogen) atoms. The lowest BCUT2D eigenvalue weighted by molar-refractivity contribution is 0.184.